The monoisotopic (exact) mass is 318 g/mol. The van der Waals surface area contributed by atoms with Crippen LogP contribution in [0.1, 0.15) is 26.3 Å². The van der Waals surface area contributed by atoms with E-state index in [1.807, 2.05) is 18.2 Å². The third-order valence-electron chi connectivity index (χ3n) is 4.55. The number of aliphatic hydroxyl groups is 1. The first kappa shape index (κ1) is 14.6. The third kappa shape index (κ3) is 1.71. The van der Waals surface area contributed by atoms with Crippen LogP contribution in [0.25, 0.3) is 10.8 Å². The number of ketones is 2. The maximum absolute atomic E-state index is 12.9. The molecule has 0 aromatic heterocycles. The van der Waals surface area contributed by atoms with Crippen molar-refractivity contribution in [2.24, 2.45) is 0 Å². The third-order valence-corrected chi connectivity index (χ3v) is 4.55. The highest BCUT2D eigenvalue weighted by molar-refractivity contribution is 6.33. The first-order valence-corrected chi connectivity index (χ1v) is 7.56. The zero-order valence-corrected chi connectivity index (χ0v) is 12.9. The predicted octanol–water partition coefficient (Wildman–Crippen LogP) is 3.12. The molecule has 0 saturated heterocycles. The first-order chi connectivity index (χ1) is 11.6. The van der Waals surface area contributed by atoms with Crippen molar-refractivity contribution in [1.82, 2.24) is 0 Å². The number of carbonyl (C=O) groups excluding carboxylic acids is 2. The molecular formula is C20H14O4. The van der Waals surface area contributed by atoms with Crippen molar-refractivity contribution in [1.29, 1.82) is 0 Å². The van der Waals surface area contributed by atoms with Crippen molar-refractivity contribution in [3.8, 4) is 5.75 Å². The maximum atomic E-state index is 12.9. The van der Waals surface area contributed by atoms with Gasteiger partial charge in [-0.1, -0.05) is 54.6 Å². The van der Waals surface area contributed by atoms with Gasteiger partial charge in [0, 0.05) is 16.7 Å². The first-order valence-electron chi connectivity index (χ1n) is 7.56. The Bertz CT molecular complexity index is 968. The fourth-order valence-electron chi connectivity index (χ4n) is 3.39. The second-order valence-electron chi connectivity index (χ2n) is 5.78. The molecule has 0 aliphatic heterocycles. The van der Waals surface area contributed by atoms with Gasteiger partial charge in [-0.05, 0) is 16.8 Å². The van der Waals surface area contributed by atoms with E-state index >= 15 is 0 Å². The minimum Gasteiger partial charge on any atom is -0.496 e. The normalized spacial score (nSPS) is 15.6. The second kappa shape index (κ2) is 5.01. The molecule has 0 amide bonds. The van der Waals surface area contributed by atoms with E-state index in [1.165, 1.54) is 7.11 Å². The maximum Gasteiger partial charge on any atom is 0.220 e. The largest absolute Gasteiger partial charge is 0.496 e. The summed E-state index contributed by atoms with van der Waals surface area (Å²) in [6, 6.07) is 17.3. The average Bonchev–Trinajstić information content (AvgIpc) is 2.83. The minimum absolute atomic E-state index is 0.203. The molecule has 4 nitrogen and oxygen atoms in total. The summed E-state index contributed by atoms with van der Waals surface area (Å²) in [4.78, 5) is 25.8. The lowest BCUT2D eigenvalue weighted by atomic mass is 9.84. The Hall–Kier alpha value is -2.98. The van der Waals surface area contributed by atoms with Crippen molar-refractivity contribution < 1.29 is 19.4 Å². The molecule has 0 spiro atoms. The zero-order chi connectivity index (χ0) is 16.9. The van der Waals surface area contributed by atoms with Crippen molar-refractivity contribution >= 4 is 22.3 Å². The van der Waals surface area contributed by atoms with Gasteiger partial charge in [-0.2, -0.15) is 0 Å². The number of methoxy groups -OCH3 is 1. The molecule has 4 heteroatoms. The summed E-state index contributed by atoms with van der Waals surface area (Å²) >= 11 is 0. The molecule has 4 rings (SSSR count). The van der Waals surface area contributed by atoms with Gasteiger partial charge in [-0.25, -0.2) is 0 Å². The van der Waals surface area contributed by atoms with E-state index < -0.39 is 17.2 Å². The van der Waals surface area contributed by atoms with E-state index in [9.17, 15) is 14.7 Å². The van der Waals surface area contributed by atoms with E-state index in [0.29, 0.717) is 11.1 Å². The summed E-state index contributed by atoms with van der Waals surface area (Å²) in [5, 5.41) is 12.7. The highest BCUT2D eigenvalue weighted by Crippen LogP contribution is 2.44. The van der Waals surface area contributed by atoms with Crippen LogP contribution in [0, 0.1) is 0 Å². The summed E-state index contributed by atoms with van der Waals surface area (Å²) in [5.41, 5.74) is -1.59. The lowest BCUT2D eigenvalue weighted by molar-refractivity contribution is 0.0318. The van der Waals surface area contributed by atoms with Crippen LogP contribution < -0.4 is 4.74 Å². The Kier molecular flexibility index (Phi) is 3.05. The number of Topliss-reactive ketones (excluding diaryl/α,β-unsaturated/α-hetero) is 2. The van der Waals surface area contributed by atoms with Crippen molar-refractivity contribution in [2.75, 3.05) is 7.11 Å². The molecule has 0 heterocycles. The molecule has 0 bridgehead atoms. The van der Waals surface area contributed by atoms with E-state index in [2.05, 4.69) is 0 Å². The highest BCUT2D eigenvalue weighted by atomic mass is 16.5. The average molecular weight is 318 g/mol. The SMILES string of the molecule is COc1ccc2ccccc2c1C1(O)C(=O)c2ccccc2C1=O. The Morgan fingerprint density at radius 3 is 2.04 bits per heavy atom. The quantitative estimate of drug-likeness (QED) is 0.737. The van der Waals surface area contributed by atoms with Gasteiger partial charge in [0.1, 0.15) is 5.75 Å². The van der Waals surface area contributed by atoms with E-state index in [-0.39, 0.29) is 16.7 Å². The van der Waals surface area contributed by atoms with E-state index in [0.717, 1.165) is 5.39 Å². The van der Waals surface area contributed by atoms with Gasteiger partial charge in [-0.3, -0.25) is 9.59 Å². The fourth-order valence-corrected chi connectivity index (χ4v) is 3.39. The highest BCUT2D eigenvalue weighted by Gasteiger charge is 2.55. The molecule has 3 aromatic rings. The van der Waals surface area contributed by atoms with Crippen molar-refractivity contribution in [2.45, 2.75) is 5.60 Å². The number of fused-ring (bicyclic) bond motifs is 2. The van der Waals surface area contributed by atoms with Crippen LogP contribution in [0.2, 0.25) is 0 Å². The van der Waals surface area contributed by atoms with Crippen LogP contribution >= 0.6 is 0 Å². The van der Waals surface area contributed by atoms with Crippen LogP contribution in [-0.4, -0.2) is 23.8 Å². The molecule has 1 N–H and O–H groups in total. The van der Waals surface area contributed by atoms with Crippen LogP contribution in [0.15, 0.2) is 60.7 Å². The molecular weight excluding hydrogens is 304 g/mol. The molecule has 3 aromatic carbocycles. The van der Waals surface area contributed by atoms with Gasteiger partial charge < -0.3 is 9.84 Å². The molecule has 0 saturated carbocycles. The van der Waals surface area contributed by atoms with Gasteiger partial charge in [-0.15, -0.1) is 0 Å². The van der Waals surface area contributed by atoms with E-state index in [1.54, 1.807) is 42.5 Å². The van der Waals surface area contributed by atoms with Crippen LogP contribution in [-0.2, 0) is 5.60 Å². The van der Waals surface area contributed by atoms with Crippen LogP contribution in [0.3, 0.4) is 0 Å². The number of hydrogen-bond donors (Lipinski definition) is 1. The molecule has 1 aliphatic carbocycles. The van der Waals surface area contributed by atoms with Gasteiger partial charge in [0.15, 0.2) is 0 Å². The lowest BCUT2D eigenvalue weighted by Gasteiger charge is -2.24. The number of carbonyl (C=O) groups is 2. The summed E-state index contributed by atoms with van der Waals surface area (Å²) in [6.07, 6.45) is 0. The van der Waals surface area contributed by atoms with Crippen LogP contribution in [0.4, 0.5) is 0 Å². The summed E-state index contributed by atoms with van der Waals surface area (Å²) < 4.78 is 5.36. The number of benzene rings is 3. The summed E-state index contributed by atoms with van der Waals surface area (Å²) in [6.45, 7) is 0. The number of ether oxygens (including phenoxy) is 1. The second-order valence-corrected chi connectivity index (χ2v) is 5.78. The molecule has 0 atom stereocenters. The van der Waals surface area contributed by atoms with Gasteiger partial charge in [0.25, 0.3) is 0 Å². The van der Waals surface area contributed by atoms with E-state index in [4.69, 9.17) is 4.74 Å². The molecule has 0 radical (unpaired) electrons. The molecule has 0 unspecified atom stereocenters. The molecule has 118 valence electrons. The smallest absolute Gasteiger partial charge is 0.220 e. The summed E-state index contributed by atoms with van der Waals surface area (Å²) in [7, 11) is 1.45. The topological polar surface area (TPSA) is 63.6 Å². The van der Waals surface area contributed by atoms with Crippen molar-refractivity contribution in [3.63, 3.8) is 0 Å². The Morgan fingerprint density at radius 2 is 1.42 bits per heavy atom. The van der Waals surface area contributed by atoms with Crippen LogP contribution in [0.5, 0.6) is 5.75 Å². The predicted molar refractivity (Wildman–Crippen MR) is 89.5 cm³/mol. The zero-order valence-electron chi connectivity index (χ0n) is 12.9. The molecule has 24 heavy (non-hydrogen) atoms. The number of hydrogen-bond acceptors (Lipinski definition) is 4. The molecule has 0 fully saturated rings. The Morgan fingerprint density at radius 1 is 0.833 bits per heavy atom. The minimum atomic E-state index is -2.27. The van der Waals surface area contributed by atoms with Gasteiger partial charge in [0.2, 0.25) is 17.2 Å². The van der Waals surface area contributed by atoms with Gasteiger partial charge >= 0.3 is 0 Å². The lowest BCUT2D eigenvalue weighted by Crippen LogP contribution is -2.38. The standard InChI is InChI=1S/C20H14O4/c1-24-16-11-10-12-6-2-3-7-13(12)17(16)20(23)18(21)14-8-4-5-9-15(14)19(20)22/h2-11,23H,1H3. The fraction of sp³-hybridized carbons (Fsp3) is 0.100. The summed E-state index contributed by atoms with van der Waals surface area (Å²) in [5.74, 6) is -0.916. The van der Waals surface area contributed by atoms with Crippen molar-refractivity contribution in [3.05, 3.63) is 77.4 Å². The van der Waals surface area contributed by atoms with Gasteiger partial charge in [0.05, 0.1) is 7.11 Å². The Balaban J connectivity index is 2.08. The molecule has 1 aliphatic rings. The Labute approximate surface area is 138 Å². The number of rotatable bonds is 2.